The number of hydrogen-bond acceptors (Lipinski definition) is 4. The van der Waals surface area contributed by atoms with Gasteiger partial charge in [-0.15, -0.1) is 0 Å². The summed E-state index contributed by atoms with van der Waals surface area (Å²) >= 11 is 0. The van der Waals surface area contributed by atoms with E-state index in [-0.39, 0.29) is 30.9 Å². The van der Waals surface area contributed by atoms with Crippen LogP contribution in [0.5, 0.6) is 0 Å². The summed E-state index contributed by atoms with van der Waals surface area (Å²) in [4.78, 5) is 18.5. The fraction of sp³-hybridized carbons (Fsp3) is 0.684. The third-order valence-electron chi connectivity index (χ3n) is 5.70. The van der Waals surface area contributed by atoms with Gasteiger partial charge in [0, 0.05) is 37.7 Å². The molecule has 3 aliphatic rings. The van der Waals surface area contributed by atoms with Gasteiger partial charge in [-0.3, -0.25) is 9.78 Å². The Morgan fingerprint density at radius 3 is 2.96 bits per heavy atom. The van der Waals surface area contributed by atoms with E-state index in [4.69, 9.17) is 9.47 Å². The van der Waals surface area contributed by atoms with Gasteiger partial charge in [0.05, 0.1) is 32.0 Å². The second-order valence-electron chi connectivity index (χ2n) is 7.68. The maximum absolute atomic E-state index is 13.1. The molecule has 7 heteroatoms. The second-order valence-corrected chi connectivity index (χ2v) is 7.68. The minimum Gasteiger partial charge on any atom is -0.376 e. The first-order valence-electron chi connectivity index (χ1n) is 9.28. The van der Waals surface area contributed by atoms with Crippen LogP contribution < -0.4 is 0 Å². The Labute approximate surface area is 151 Å². The lowest BCUT2D eigenvalue weighted by atomic mass is 9.80. The van der Waals surface area contributed by atoms with E-state index in [2.05, 4.69) is 4.98 Å². The zero-order valence-electron chi connectivity index (χ0n) is 14.7. The molecule has 3 fully saturated rings. The number of aromatic nitrogens is 1. The molecule has 1 aromatic rings. The number of fused-ring (bicyclic) bond motifs is 1. The molecule has 26 heavy (non-hydrogen) atoms. The van der Waals surface area contributed by atoms with E-state index in [1.807, 2.05) is 12.1 Å². The van der Waals surface area contributed by atoms with Gasteiger partial charge in [-0.2, -0.15) is 0 Å². The van der Waals surface area contributed by atoms with Crippen LogP contribution >= 0.6 is 0 Å². The smallest absolute Gasteiger partial charge is 0.249 e. The number of alkyl halides is 2. The predicted molar refractivity (Wildman–Crippen MR) is 89.5 cm³/mol. The van der Waals surface area contributed by atoms with Crippen LogP contribution in [0.15, 0.2) is 24.5 Å². The van der Waals surface area contributed by atoms with E-state index in [9.17, 15) is 13.6 Å². The summed E-state index contributed by atoms with van der Waals surface area (Å²) in [6, 6.07) is 3.85. The van der Waals surface area contributed by atoms with Gasteiger partial charge >= 0.3 is 0 Å². The van der Waals surface area contributed by atoms with Gasteiger partial charge in [0.1, 0.15) is 0 Å². The number of nitrogens with zero attached hydrogens (tertiary/aromatic N) is 2. The first-order valence-corrected chi connectivity index (χ1v) is 9.28. The highest BCUT2D eigenvalue weighted by Gasteiger charge is 2.52. The van der Waals surface area contributed by atoms with Crippen molar-refractivity contribution in [3.8, 4) is 0 Å². The third-order valence-corrected chi connectivity index (χ3v) is 5.70. The molecule has 1 aromatic heterocycles. The fourth-order valence-electron chi connectivity index (χ4n) is 4.36. The van der Waals surface area contributed by atoms with Crippen LogP contribution in [0.3, 0.4) is 0 Å². The van der Waals surface area contributed by atoms with Gasteiger partial charge in [0.25, 0.3) is 0 Å². The quantitative estimate of drug-likeness (QED) is 0.804. The van der Waals surface area contributed by atoms with Crippen LogP contribution in [-0.4, -0.2) is 53.6 Å². The number of ether oxygens (including phenoxy) is 2. The van der Waals surface area contributed by atoms with Gasteiger partial charge in [0.15, 0.2) is 0 Å². The molecule has 1 saturated heterocycles. The second kappa shape index (κ2) is 7.19. The van der Waals surface area contributed by atoms with Crippen molar-refractivity contribution >= 4 is 5.91 Å². The summed E-state index contributed by atoms with van der Waals surface area (Å²) in [6.45, 7) is 2.11. The number of carbonyl (C=O) groups excluding carboxylic acids is 1. The number of halogens is 2. The molecule has 2 saturated carbocycles. The Morgan fingerprint density at radius 1 is 1.38 bits per heavy atom. The minimum atomic E-state index is -2.66. The van der Waals surface area contributed by atoms with Crippen molar-refractivity contribution in [2.75, 3.05) is 19.8 Å². The van der Waals surface area contributed by atoms with Gasteiger partial charge in [0.2, 0.25) is 11.8 Å². The SMILES string of the molecule is O=C(C1CC(F)(F)C1)N1CCOC2CC(COCc3cccnc3)CC21. The standard InChI is InChI=1S/C19H24F2N2O3/c20-19(21)8-15(9-19)18(24)23-4-5-26-17-7-14(6-16(17)23)12-25-11-13-2-1-3-22-10-13/h1-3,10,14-17H,4-9,11-12H2. The van der Waals surface area contributed by atoms with Crippen molar-refractivity contribution in [1.82, 2.24) is 9.88 Å². The molecule has 0 bridgehead atoms. The van der Waals surface area contributed by atoms with Crippen molar-refractivity contribution in [2.24, 2.45) is 11.8 Å². The molecule has 142 valence electrons. The van der Waals surface area contributed by atoms with Crippen LogP contribution in [0.1, 0.15) is 31.2 Å². The van der Waals surface area contributed by atoms with Crippen molar-refractivity contribution in [1.29, 1.82) is 0 Å². The van der Waals surface area contributed by atoms with Crippen molar-refractivity contribution < 1.29 is 23.0 Å². The highest BCUT2D eigenvalue weighted by molar-refractivity contribution is 5.80. The largest absolute Gasteiger partial charge is 0.376 e. The summed E-state index contributed by atoms with van der Waals surface area (Å²) in [5.41, 5.74) is 1.03. The maximum Gasteiger partial charge on any atom is 0.249 e. The Kier molecular flexibility index (Phi) is 4.92. The highest BCUT2D eigenvalue weighted by Crippen LogP contribution is 2.44. The third kappa shape index (κ3) is 3.74. The molecule has 1 amide bonds. The fourth-order valence-corrected chi connectivity index (χ4v) is 4.36. The molecule has 1 aliphatic heterocycles. The Morgan fingerprint density at radius 2 is 2.23 bits per heavy atom. The lowest BCUT2D eigenvalue weighted by Gasteiger charge is -2.43. The summed E-state index contributed by atoms with van der Waals surface area (Å²) < 4.78 is 37.9. The number of rotatable bonds is 5. The molecule has 0 N–H and O–H groups in total. The zero-order valence-corrected chi connectivity index (χ0v) is 14.7. The number of carbonyl (C=O) groups is 1. The summed E-state index contributed by atoms with van der Waals surface area (Å²) in [5.74, 6) is -2.99. The van der Waals surface area contributed by atoms with Gasteiger partial charge in [-0.25, -0.2) is 8.78 Å². The Balaban J connectivity index is 1.29. The first-order chi connectivity index (χ1) is 12.5. The highest BCUT2D eigenvalue weighted by atomic mass is 19.3. The van der Waals surface area contributed by atoms with E-state index >= 15 is 0 Å². The van der Waals surface area contributed by atoms with Crippen molar-refractivity contribution in [3.05, 3.63) is 30.1 Å². The van der Waals surface area contributed by atoms with Gasteiger partial charge < -0.3 is 14.4 Å². The molecule has 3 atom stereocenters. The number of amides is 1. The van der Waals surface area contributed by atoms with Crippen LogP contribution in [0.25, 0.3) is 0 Å². The molecule has 2 aliphatic carbocycles. The van der Waals surface area contributed by atoms with Crippen LogP contribution in [0.2, 0.25) is 0 Å². The summed E-state index contributed by atoms with van der Waals surface area (Å²) in [7, 11) is 0. The molecule has 2 heterocycles. The molecule has 0 aromatic carbocycles. The first kappa shape index (κ1) is 17.8. The molecule has 4 rings (SSSR count). The summed E-state index contributed by atoms with van der Waals surface area (Å²) in [6.07, 6.45) is 4.56. The maximum atomic E-state index is 13.1. The Hall–Kier alpha value is -1.60. The van der Waals surface area contributed by atoms with Gasteiger partial charge in [-0.05, 0) is 30.4 Å². The average molecular weight is 366 g/mol. The van der Waals surface area contributed by atoms with Crippen LogP contribution in [0.4, 0.5) is 8.78 Å². The molecular formula is C19H24F2N2O3. The van der Waals surface area contributed by atoms with E-state index in [1.54, 1.807) is 17.3 Å². The topological polar surface area (TPSA) is 51.7 Å². The lowest BCUT2D eigenvalue weighted by Crippen LogP contribution is -2.56. The normalized spacial score (nSPS) is 30.7. The minimum absolute atomic E-state index is 0.000258. The Bertz CT molecular complexity index is 635. The number of pyridine rings is 1. The lowest BCUT2D eigenvalue weighted by molar-refractivity contribution is -0.169. The van der Waals surface area contributed by atoms with Crippen molar-refractivity contribution in [3.63, 3.8) is 0 Å². The molecule has 3 unspecified atom stereocenters. The molecule has 5 nitrogen and oxygen atoms in total. The molecular weight excluding hydrogens is 342 g/mol. The molecule has 0 spiro atoms. The van der Waals surface area contributed by atoms with Crippen molar-refractivity contribution in [2.45, 2.75) is 50.4 Å². The monoisotopic (exact) mass is 366 g/mol. The zero-order chi connectivity index (χ0) is 18.1. The number of hydrogen-bond donors (Lipinski definition) is 0. The van der Waals surface area contributed by atoms with Crippen LogP contribution in [-0.2, 0) is 20.9 Å². The van der Waals surface area contributed by atoms with E-state index in [0.717, 1.165) is 18.4 Å². The van der Waals surface area contributed by atoms with E-state index in [1.165, 1.54) is 0 Å². The van der Waals surface area contributed by atoms with E-state index < -0.39 is 11.8 Å². The average Bonchev–Trinajstić information content (AvgIpc) is 3.02. The molecule has 0 radical (unpaired) electrons. The van der Waals surface area contributed by atoms with Crippen LogP contribution in [0, 0.1) is 11.8 Å². The van der Waals surface area contributed by atoms with Gasteiger partial charge in [-0.1, -0.05) is 6.07 Å². The summed E-state index contributed by atoms with van der Waals surface area (Å²) in [5, 5.41) is 0. The predicted octanol–water partition coefficient (Wildman–Crippen LogP) is 2.65. The number of morpholine rings is 1. The van der Waals surface area contributed by atoms with E-state index in [0.29, 0.717) is 32.3 Å².